The monoisotopic (exact) mass is 373 g/mol. The molecule has 0 radical (unpaired) electrons. The van der Waals surface area contributed by atoms with Gasteiger partial charge in [0.2, 0.25) is 0 Å². The lowest BCUT2D eigenvalue weighted by Crippen LogP contribution is -2.38. The first-order valence-electron chi connectivity index (χ1n) is 6.60. The standard InChI is InChI=1S/C15H20INO2/c1-15(2,3)19-14(18)17-8-6-11-4-5-13(16)10-12(11)7-9-17/h4-5,10H,6-9H2,1-3H3. The minimum absolute atomic E-state index is 0.199. The Morgan fingerprint density at radius 1 is 1.21 bits per heavy atom. The Bertz CT molecular complexity index is 480. The molecule has 1 aromatic rings. The van der Waals surface area contributed by atoms with Crippen molar-refractivity contribution in [2.75, 3.05) is 13.1 Å². The summed E-state index contributed by atoms with van der Waals surface area (Å²) in [5.74, 6) is 0. The number of hydrogen-bond acceptors (Lipinski definition) is 2. The summed E-state index contributed by atoms with van der Waals surface area (Å²) in [5, 5.41) is 0. The Morgan fingerprint density at radius 2 is 1.84 bits per heavy atom. The summed E-state index contributed by atoms with van der Waals surface area (Å²) in [5.41, 5.74) is 2.29. The zero-order valence-electron chi connectivity index (χ0n) is 11.7. The molecule has 2 rings (SSSR count). The molecule has 0 atom stereocenters. The maximum Gasteiger partial charge on any atom is 0.410 e. The second-order valence-corrected chi connectivity index (χ2v) is 7.13. The average Bonchev–Trinajstić information content (AvgIpc) is 2.48. The zero-order chi connectivity index (χ0) is 14.0. The minimum atomic E-state index is -0.425. The zero-order valence-corrected chi connectivity index (χ0v) is 13.9. The fourth-order valence-electron chi connectivity index (χ4n) is 2.20. The van der Waals surface area contributed by atoms with Crippen LogP contribution < -0.4 is 0 Å². The molecule has 4 heteroatoms. The number of halogens is 1. The molecule has 1 aromatic carbocycles. The van der Waals surface area contributed by atoms with Gasteiger partial charge in [0.05, 0.1) is 0 Å². The second-order valence-electron chi connectivity index (χ2n) is 5.88. The van der Waals surface area contributed by atoms with Gasteiger partial charge in [0, 0.05) is 16.7 Å². The lowest BCUT2D eigenvalue weighted by atomic mass is 10.0. The van der Waals surface area contributed by atoms with Crippen molar-refractivity contribution in [1.82, 2.24) is 4.90 Å². The van der Waals surface area contributed by atoms with Crippen molar-refractivity contribution in [3.8, 4) is 0 Å². The molecule has 0 aliphatic carbocycles. The summed E-state index contributed by atoms with van der Waals surface area (Å²) < 4.78 is 6.69. The number of carbonyl (C=O) groups excluding carboxylic acids is 1. The van der Waals surface area contributed by atoms with Crippen molar-refractivity contribution in [3.63, 3.8) is 0 Å². The van der Waals surface area contributed by atoms with Gasteiger partial charge in [0.1, 0.15) is 5.60 Å². The lowest BCUT2D eigenvalue weighted by molar-refractivity contribution is 0.0258. The third-order valence-electron chi connectivity index (χ3n) is 3.12. The van der Waals surface area contributed by atoms with Crippen molar-refractivity contribution < 1.29 is 9.53 Å². The number of benzene rings is 1. The molecule has 3 nitrogen and oxygen atoms in total. The lowest BCUT2D eigenvalue weighted by Gasteiger charge is -2.26. The van der Waals surface area contributed by atoms with Crippen LogP contribution in [0.25, 0.3) is 0 Å². The van der Waals surface area contributed by atoms with Crippen molar-refractivity contribution >= 4 is 28.7 Å². The molecule has 0 saturated heterocycles. The molecular weight excluding hydrogens is 353 g/mol. The molecule has 0 saturated carbocycles. The SMILES string of the molecule is CC(C)(C)OC(=O)N1CCc2ccc(I)cc2CC1. The van der Waals surface area contributed by atoms with E-state index >= 15 is 0 Å². The molecule has 0 aromatic heterocycles. The summed E-state index contributed by atoms with van der Waals surface area (Å²) in [6, 6.07) is 6.52. The van der Waals surface area contributed by atoms with E-state index in [0.717, 1.165) is 25.9 Å². The molecule has 19 heavy (non-hydrogen) atoms. The quantitative estimate of drug-likeness (QED) is 0.650. The Morgan fingerprint density at radius 3 is 2.47 bits per heavy atom. The van der Waals surface area contributed by atoms with E-state index in [-0.39, 0.29) is 6.09 Å². The van der Waals surface area contributed by atoms with E-state index in [1.807, 2.05) is 25.7 Å². The molecule has 0 bridgehead atoms. The molecule has 0 unspecified atom stereocenters. The van der Waals surface area contributed by atoms with Crippen LogP contribution in [0.2, 0.25) is 0 Å². The molecule has 0 N–H and O–H groups in total. The molecule has 1 aliphatic heterocycles. The molecule has 1 aliphatic rings. The van der Waals surface area contributed by atoms with Gasteiger partial charge in [0.25, 0.3) is 0 Å². The van der Waals surface area contributed by atoms with Gasteiger partial charge in [-0.25, -0.2) is 4.79 Å². The van der Waals surface area contributed by atoms with Crippen LogP contribution in [-0.4, -0.2) is 29.7 Å². The van der Waals surface area contributed by atoms with Crippen LogP contribution in [0.15, 0.2) is 18.2 Å². The largest absolute Gasteiger partial charge is 0.444 e. The highest BCUT2D eigenvalue weighted by atomic mass is 127. The molecule has 104 valence electrons. The van der Waals surface area contributed by atoms with Gasteiger partial charge in [-0.1, -0.05) is 6.07 Å². The maximum atomic E-state index is 12.1. The van der Waals surface area contributed by atoms with Crippen molar-refractivity contribution in [2.24, 2.45) is 0 Å². The van der Waals surface area contributed by atoms with Gasteiger partial charge in [0.15, 0.2) is 0 Å². The Hall–Kier alpha value is -0.780. The molecule has 1 amide bonds. The summed E-state index contributed by atoms with van der Waals surface area (Å²) in [6.45, 7) is 7.18. The van der Waals surface area contributed by atoms with E-state index in [2.05, 4.69) is 40.8 Å². The van der Waals surface area contributed by atoms with Crippen molar-refractivity contribution in [3.05, 3.63) is 32.9 Å². The molecule has 0 spiro atoms. The highest BCUT2D eigenvalue weighted by Crippen LogP contribution is 2.20. The predicted molar refractivity (Wildman–Crippen MR) is 84.4 cm³/mol. The third-order valence-corrected chi connectivity index (χ3v) is 3.79. The van der Waals surface area contributed by atoms with E-state index in [4.69, 9.17) is 4.74 Å². The van der Waals surface area contributed by atoms with Gasteiger partial charge >= 0.3 is 6.09 Å². The average molecular weight is 373 g/mol. The van der Waals surface area contributed by atoms with Gasteiger partial charge < -0.3 is 9.64 Å². The van der Waals surface area contributed by atoms with Crippen LogP contribution in [0.1, 0.15) is 31.9 Å². The summed E-state index contributed by atoms with van der Waals surface area (Å²) in [6.07, 6.45) is 1.62. The number of nitrogens with zero attached hydrogens (tertiary/aromatic N) is 1. The highest BCUT2D eigenvalue weighted by Gasteiger charge is 2.23. The Kier molecular flexibility index (Phi) is 4.38. The fourth-order valence-corrected chi connectivity index (χ4v) is 2.76. The molecule has 1 heterocycles. The first-order valence-corrected chi connectivity index (χ1v) is 7.68. The smallest absolute Gasteiger partial charge is 0.410 e. The van der Waals surface area contributed by atoms with Crippen LogP contribution in [0.3, 0.4) is 0 Å². The predicted octanol–water partition coefficient (Wildman–Crippen LogP) is 3.63. The topological polar surface area (TPSA) is 29.5 Å². The van der Waals surface area contributed by atoms with E-state index in [1.165, 1.54) is 14.7 Å². The normalized spacial score (nSPS) is 15.7. The van der Waals surface area contributed by atoms with Crippen LogP contribution in [0, 0.1) is 3.57 Å². The van der Waals surface area contributed by atoms with E-state index in [0.29, 0.717) is 0 Å². The highest BCUT2D eigenvalue weighted by molar-refractivity contribution is 14.1. The first-order chi connectivity index (χ1) is 8.85. The minimum Gasteiger partial charge on any atom is -0.444 e. The number of ether oxygens (including phenoxy) is 1. The van der Waals surface area contributed by atoms with Gasteiger partial charge in [-0.15, -0.1) is 0 Å². The maximum absolute atomic E-state index is 12.1. The van der Waals surface area contributed by atoms with Crippen molar-refractivity contribution in [1.29, 1.82) is 0 Å². The fraction of sp³-hybridized carbons (Fsp3) is 0.533. The van der Waals surface area contributed by atoms with Crippen LogP contribution in [0.4, 0.5) is 4.79 Å². The Balaban J connectivity index is 2.05. The van der Waals surface area contributed by atoms with Gasteiger partial charge in [-0.3, -0.25) is 0 Å². The van der Waals surface area contributed by atoms with Crippen LogP contribution >= 0.6 is 22.6 Å². The summed E-state index contributed by atoms with van der Waals surface area (Å²) in [7, 11) is 0. The Labute approximate surface area is 128 Å². The summed E-state index contributed by atoms with van der Waals surface area (Å²) in [4.78, 5) is 13.9. The molecule has 0 fully saturated rings. The van der Waals surface area contributed by atoms with Crippen LogP contribution in [-0.2, 0) is 17.6 Å². The first kappa shape index (κ1) is 14.6. The number of rotatable bonds is 0. The van der Waals surface area contributed by atoms with E-state index in [9.17, 15) is 4.79 Å². The van der Waals surface area contributed by atoms with Crippen LogP contribution in [0.5, 0.6) is 0 Å². The molecular formula is C15H20INO2. The van der Waals surface area contributed by atoms with Gasteiger partial charge in [-0.2, -0.15) is 0 Å². The number of hydrogen-bond donors (Lipinski definition) is 0. The number of amides is 1. The third kappa shape index (κ3) is 4.09. The number of fused-ring (bicyclic) bond motifs is 1. The van der Waals surface area contributed by atoms with E-state index < -0.39 is 5.60 Å². The van der Waals surface area contributed by atoms with Crippen molar-refractivity contribution in [2.45, 2.75) is 39.2 Å². The number of carbonyl (C=O) groups is 1. The second kappa shape index (κ2) is 5.69. The summed E-state index contributed by atoms with van der Waals surface area (Å²) >= 11 is 2.33. The van der Waals surface area contributed by atoms with Gasteiger partial charge in [-0.05, 0) is 79.5 Å². The van der Waals surface area contributed by atoms with E-state index in [1.54, 1.807) is 0 Å².